The van der Waals surface area contributed by atoms with Crippen molar-refractivity contribution >= 4 is 49.6 Å². The highest BCUT2D eigenvalue weighted by atomic mass is 32.1. The van der Waals surface area contributed by atoms with Crippen LogP contribution < -0.4 is 5.32 Å². The van der Waals surface area contributed by atoms with Gasteiger partial charge in [0.1, 0.15) is 4.83 Å². The van der Waals surface area contributed by atoms with Crippen molar-refractivity contribution in [3.05, 3.63) is 65.2 Å². The number of hydrogen-bond donors (Lipinski definition) is 1. The minimum atomic E-state index is -0.187. The number of aromatic nitrogens is 4. The zero-order valence-corrected chi connectivity index (χ0v) is 14.9. The number of anilines is 1. The molecule has 1 N–H and O–H groups in total. The number of rotatable bonds is 3. The lowest BCUT2D eigenvalue weighted by molar-refractivity contribution is 0.103. The maximum atomic E-state index is 12.5. The van der Waals surface area contributed by atoms with Crippen LogP contribution in [0.2, 0.25) is 0 Å². The number of imidazole rings is 1. The largest absolute Gasteiger partial charge is 0.319 e. The maximum Gasteiger partial charge on any atom is 0.265 e. The van der Waals surface area contributed by atoms with Gasteiger partial charge in [0.15, 0.2) is 10.8 Å². The monoisotopic (exact) mass is 377 g/mol. The Bertz CT molecular complexity index is 1220. The summed E-state index contributed by atoms with van der Waals surface area (Å²) in [5, 5.41) is 4.82. The van der Waals surface area contributed by atoms with Crippen molar-refractivity contribution in [1.82, 2.24) is 19.4 Å². The Morgan fingerprint density at radius 2 is 1.92 bits per heavy atom. The minimum Gasteiger partial charge on any atom is -0.319 e. The summed E-state index contributed by atoms with van der Waals surface area (Å²) in [6.45, 7) is 0. The number of thiazole rings is 1. The quantitative estimate of drug-likeness (QED) is 0.508. The summed E-state index contributed by atoms with van der Waals surface area (Å²) in [4.78, 5) is 28.1. The molecule has 0 atom stereocenters. The summed E-state index contributed by atoms with van der Waals surface area (Å²) < 4.78 is 1.99. The number of nitrogens with zero attached hydrogens (tertiary/aromatic N) is 4. The van der Waals surface area contributed by atoms with Crippen LogP contribution in [-0.2, 0) is 0 Å². The molecule has 8 heteroatoms. The van der Waals surface area contributed by atoms with E-state index >= 15 is 0 Å². The predicted molar refractivity (Wildman–Crippen MR) is 104 cm³/mol. The molecule has 0 radical (unpaired) electrons. The maximum absolute atomic E-state index is 12.5. The molecular weight excluding hydrogens is 366 g/mol. The standard InChI is InChI=1S/C18H11N5OS2/c24-16(14-8-13-17(26-14)22-18-23(13)6-7-25-18)21-12-9-19-15(20-10-12)11-4-2-1-3-5-11/h1-10H,(H,21,24). The first-order chi connectivity index (χ1) is 12.8. The molecule has 0 aliphatic rings. The lowest BCUT2D eigenvalue weighted by atomic mass is 10.2. The Kier molecular flexibility index (Phi) is 3.51. The van der Waals surface area contributed by atoms with Gasteiger partial charge in [-0.2, -0.15) is 0 Å². The first kappa shape index (κ1) is 15.2. The molecule has 5 rings (SSSR count). The SMILES string of the molecule is O=C(Nc1cnc(-c2ccccc2)nc1)c1cc2c(nc3sccn32)s1. The molecule has 6 nitrogen and oxygen atoms in total. The van der Waals surface area contributed by atoms with E-state index in [1.54, 1.807) is 23.7 Å². The van der Waals surface area contributed by atoms with Crippen molar-refractivity contribution in [2.45, 2.75) is 0 Å². The van der Waals surface area contributed by atoms with Gasteiger partial charge in [-0.15, -0.1) is 22.7 Å². The molecule has 126 valence electrons. The first-order valence-corrected chi connectivity index (χ1v) is 9.51. The smallest absolute Gasteiger partial charge is 0.265 e. The van der Waals surface area contributed by atoms with Crippen molar-refractivity contribution < 1.29 is 4.79 Å². The van der Waals surface area contributed by atoms with Crippen molar-refractivity contribution in [3.8, 4) is 11.4 Å². The highest BCUT2D eigenvalue weighted by Gasteiger charge is 2.15. The first-order valence-electron chi connectivity index (χ1n) is 7.82. The van der Waals surface area contributed by atoms with Gasteiger partial charge in [-0.25, -0.2) is 15.0 Å². The normalized spacial score (nSPS) is 11.2. The molecule has 0 aliphatic heterocycles. The second kappa shape index (κ2) is 6.01. The fourth-order valence-corrected chi connectivity index (χ4v) is 4.38. The number of carbonyl (C=O) groups excluding carboxylic acids is 1. The van der Waals surface area contributed by atoms with Crippen LogP contribution in [0.5, 0.6) is 0 Å². The zero-order chi connectivity index (χ0) is 17.5. The highest BCUT2D eigenvalue weighted by molar-refractivity contribution is 7.21. The van der Waals surface area contributed by atoms with Gasteiger partial charge in [0, 0.05) is 17.1 Å². The minimum absolute atomic E-state index is 0.187. The molecule has 1 amide bonds. The third kappa shape index (κ3) is 2.56. The van der Waals surface area contributed by atoms with Crippen molar-refractivity contribution in [3.63, 3.8) is 0 Å². The van der Waals surface area contributed by atoms with Gasteiger partial charge in [-0.3, -0.25) is 9.20 Å². The van der Waals surface area contributed by atoms with E-state index in [4.69, 9.17) is 0 Å². The van der Waals surface area contributed by atoms with Gasteiger partial charge in [-0.1, -0.05) is 30.3 Å². The number of hydrogen-bond acceptors (Lipinski definition) is 6. The van der Waals surface area contributed by atoms with E-state index in [0.717, 1.165) is 20.9 Å². The molecular formula is C18H11N5OS2. The number of nitrogens with one attached hydrogen (secondary N) is 1. The van der Waals surface area contributed by atoms with E-state index in [1.165, 1.54) is 11.3 Å². The Morgan fingerprint density at radius 3 is 2.73 bits per heavy atom. The molecule has 1 aromatic carbocycles. The second-order valence-electron chi connectivity index (χ2n) is 5.58. The molecule has 4 aromatic heterocycles. The zero-order valence-electron chi connectivity index (χ0n) is 13.3. The van der Waals surface area contributed by atoms with Crippen LogP contribution in [0, 0.1) is 0 Å². The summed E-state index contributed by atoms with van der Waals surface area (Å²) in [5.74, 6) is 0.437. The average molecular weight is 377 g/mol. The predicted octanol–water partition coefficient (Wildman–Crippen LogP) is 4.32. The summed E-state index contributed by atoms with van der Waals surface area (Å²) in [6.07, 6.45) is 5.19. The van der Waals surface area contributed by atoms with Crippen LogP contribution in [0.3, 0.4) is 0 Å². The average Bonchev–Trinajstić information content (AvgIpc) is 3.35. The van der Waals surface area contributed by atoms with E-state index in [0.29, 0.717) is 16.4 Å². The van der Waals surface area contributed by atoms with Crippen molar-refractivity contribution in [2.75, 3.05) is 5.32 Å². The van der Waals surface area contributed by atoms with Crippen molar-refractivity contribution in [2.24, 2.45) is 0 Å². The van der Waals surface area contributed by atoms with Gasteiger partial charge in [0.25, 0.3) is 5.91 Å². The molecule has 0 fully saturated rings. The third-order valence-corrected chi connectivity index (χ3v) is 5.68. The van der Waals surface area contributed by atoms with Gasteiger partial charge >= 0.3 is 0 Å². The van der Waals surface area contributed by atoms with Crippen LogP contribution >= 0.6 is 22.7 Å². The molecule has 0 saturated carbocycles. The third-order valence-electron chi connectivity index (χ3n) is 3.91. The Balaban J connectivity index is 1.38. The van der Waals surface area contributed by atoms with Gasteiger partial charge in [0.05, 0.1) is 28.5 Å². The number of carbonyl (C=O) groups is 1. The van der Waals surface area contributed by atoms with Crippen LogP contribution in [0.25, 0.3) is 26.7 Å². The number of thiophene rings is 1. The Labute approximate surface area is 155 Å². The van der Waals surface area contributed by atoms with E-state index in [2.05, 4.69) is 20.3 Å². The lowest BCUT2D eigenvalue weighted by Gasteiger charge is -2.04. The van der Waals surface area contributed by atoms with Crippen molar-refractivity contribution in [1.29, 1.82) is 0 Å². The lowest BCUT2D eigenvalue weighted by Crippen LogP contribution is -2.10. The van der Waals surface area contributed by atoms with Crippen LogP contribution in [0.15, 0.2) is 60.4 Å². The van der Waals surface area contributed by atoms with Crippen LogP contribution in [0.4, 0.5) is 5.69 Å². The van der Waals surface area contributed by atoms with Gasteiger partial charge in [-0.05, 0) is 6.07 Å². The van der Waals surface area contributed by atoms with E-state index < -0.39 is 0 Å². The number of benzene rings is 1. The van der Waals surface area contributed by atoms with E-state index in [9.17, 15) is 4.79 Å². The molecule has 0 spiro atoms. The molecule has 0 aliphatic carbocycles. The summed E-state index contributed by atoms with van der Waals surface area (Å²) >= 11 is 2.95. The summed E-state index contributed by atoms with van der Waals surface area (Å²) in [5.41, 5.74) is 2.45. The highest BCUT2D eigenvalue weighted by Crippen LogP contribution is 2.28. The van der Waals surface area contributed by atoms with Crippen LogP contribution in [-0.4, -0.2) is 25.3 Å². The fraction of sp³-hybridized carbons (Fsp3) is 0. The fourth-order valence-electron chi connectivity index (χ4n) is 2.68. The van der Waals surface area contributed by atoms with E-state index in [1.807, 2.05) is 52.4 Å². The summed E-state index contributed by atoms with van der Waals surface area (Å²) in [6, 6.07) is 11.6. The van der Waals surface area contributed by atoms with Crippen LogP contribution in [0.1, 0.15) is 9.67 Å². The van der Waals surface area contributed by atoms with Gasteiger partial charge in [0.2, 0.25) is 0 Å². The van der Waals surface area contributed by atoms with E-state index in [-0.39, 0.29) is 5.91 Å². The molecule has 0 saturated heterocycles. The molecule has 5 aromatic rings. The number of fused-ring (bicyclic) bond motifs is 3. The second-order valence-corrected chi connectivity index (χ2v) is 7.49. The molecule has 0 unspecified atom stereocenters. The van der Waals surface area contributed by atoms with Gasteiger partial charge < -0.3 is 5.32 Å². The topological polar surface area (TPSA) is 72.2 Å². The number of amides is 1. The molecule has 26 heavy (non-hydrogen) atoms. The molecule has 4 heterocycles. The Morgan fingerprint density at radius 1 is 1.12 bits per heavy atom. The molecule has 0 bridgehead atoms. The summed E-state index contributed by atoms with van der Waals surface area (Å²) in [7, 11) is 0. The Hall–Kier alpha value is -3.10.